The minimum atomic E-state index is 0.0309. The number of hydrogen-bond acceptors (Lipinski definition) is 4. The van der Waals surface area contributed by atoms with E-state index in [0.29, 0.717) is 32.2 Å². The van der Waals surface area contributed by atoms with E-state index in [1.807, 2.05) is 31.2 Å². The SMILES string of the molecule is CCOc1ccc(N(CCC#N)C(=O)CN(Cc2ccc(C)cc2)C2CC2)cc1. The van der Waals surface area contributed by atoms with Crippen LogP contribution in [0, 0.1) is 18.3 Å². The smallest absolute Gasteiger partial charge is 0.241 e. The third-order valence-corrected chi connectivity index (χ3v) is 5.12. The zero-order valence-corrected chi connectivity index (χ0v) is 17.3. The largest absolute Gasteiger partial charge is 0.494 e. The number of anilines is 1. The fraction of sp³-hybridized carbons (Fsp3) is 0.417. The van der Waals surface area contributed by atoms with Crippen LogP contribution in [0.2, 0.25) is 0 Å². The molecule has 0 radical (unpaired) electrons. The molecule has 1 fully saturated rings. The van der Waals surface area contributed by atoms with Crippen LogP contribution in [-0.4, -0.2) is 36.5 Å². The Kier molecular flexibility index (Phi) is 7.26. The number of ether oxygens (including phenoxy) is 1. The predicted molar refractivity (Wildman–Crippen MR) is 115 cm³/mol. The highest BCUT2D eigenvalue weighted by atomic mass is 16.5. The third-order valence-electron chi connectivity index (χ3n) is 5.12. The molecule has 1 saturated carbocycles. The van der Waals surface area contributed by atoms with Crippen LogP contribution in [0.4, 0.5) is 5.69 Å². The van der Waals surface area contributed by atoms with Crippen LogP contribution in [0.25, 0.3) is 0 Å². The van der Waals surface area contributed by atoms with Crippen molar-refractivity contribution in [1.82, 2.24) is 4.90 Å². The Morgan fingerprint density at radius 2 is 1.83 bits per heavy atom. The van der Waals surface area contributed by atoms with Crippen molar-refractivity contribution in [1.29, 1.82) is 5.26 Å². The number of benzene rings is 2. The second kappa shape index (κ2) is 10.1. The van der Waals surface area contributed by atoms with Crippen LogP contribution in [0.15, 0.2) is 48.5 Å². The van der Waals surface area contributed by atoms with Gasteiger partial charge in [0.15, 0.2) is 0 Å². The molecule has 0 N–H and O–H groups in total. The molecule has 2 aromatic rings. The number of hydrogen-bond donors (Lipinski definition) is 0. The van der Waals surface area contributed by atoms with Gasteiger partial charge in [0.1, 0.15) is 5.75 Å². The molecule has 1 amide bonds. The first-order chi connectivity index (χ1) is 14.1. The van der Waals surface area contributed by atoms with Gasteiger partial charge in [0, 0.05) is 24.8 Å². The Morgan fingerprint density at radius 1 is 1.14 bits per heavy atom. The normalized spacial score (nSPS) is 13.2. The van der Waals surface area contributed by atoms with Crippen LogP contribution in [-0.2, 0) is 11.3 Å². The molecule has 29 heavy (non-hydrogen) atoms. The first kappa shape index (κ1) is 20.9. The van der Waals surface area contributed by atoms with Gasteiger partial charge in [-0.2, -0.15) is 5.26 Å². The van der Waals surface area contributed by atoms with Crippen LogP contribution in [0.3, 0.4) is 0 Å². The topological polar surface area (TPSA) is 56.6 Å². The lowest BCUT2D eigenvalue weighted by Crippen LogP contribution is -2.41. The Bertz CT molecular complexity index is 836. The lowest BCUT2D eigenvalue weighted by molar-refractivity contribution is -0.120. The number of carbonyl (C=O) groups is 1. The average Bonchev–Trinajstić information content (AvgIpc) is 3.56. The van der Waals surface area contributed by atoms with Crippen LogP contribution < -0.4 is 9.64 Å². The predicted octanol–water partition coefficient (Wildman–Crippen LogP) is 4.31. The molecule has 5 nitrogen and oxygen atoms in total. The van der Waals surface area contributed by atoms with E-state index < -0.39 is 0 Å². The molecular formula is C24H29N3O2. The average molecular weight is 392 g/mol. The molecule has 3 rings (SSSR count). The molecule has 1 aliphatic rings. The van der Waals surface area contributed by atoms with Crippen molar-refractivity contribution in [3.8, 4) is 11.8 Å². The van der Waals surface area contributed by atoms with Crippen molar-refractivity contribution in [3.63, 3.8) is 0 Å². The van der Waals surface area contributed by atoms with E-state index in [1.54, 1.807) is 4.90 Å². The Morgan fingerprint density at radius 3 is 2.41 bits per heavy atom. The van der Waals surface area contributed by atoms with E-state index >= 15 is 0 Å². The number of carbonyl (C=O) groups excluding carboxylic acids is 1. The fourth-order valence-corrected chi connectivity index (χ4v) is 3.39. The third kappa shape index (κ3) is 6.07. The highest BCUT2D eigenvalue weighted by Crippen LogP contribution is 2.29. The summed E-state index contributed by atoms with van der Waals surface area (Å²) >= 11 is 0. The number of rotatable bonds is 10. The van der Waals surface area contributed by atoms with Gasteiger partial charge >= 0.3 is 0 Å². The first-order valence-corrected chi connectivity index (χ1v) is 10.3. The first-order valence-electron chi connectivity index (χ1n) is 10.3. The number of amides is 1. The Labute approximate surface area is 173 Å². The van der Waals surface area contributed by atoms with Gasteiger partial charge in [0.2, 0.25) is 5.91 Å². The standard InChI is InChI=1S/C24H29N3O2/c1-3-29-23-13-11-22(12-14-23)27(16-4-15-25)24(28)18-26(21-9-10-21)17-20-7-5-19(2)6-8-20/h5-8,11-14,21H,3-4,9-10,16-18H2,1-2H3. The van der Waals surface area contributed by atoms with E-state index in [-0.39, 0.29) is 5.91 Å². The molecule has 1 aliphatic carbocycles. The lowest BCUT2D eigenvalue weighted by Gasteiger charge is -2.27. The van der Waals surface area contributed by atoms with Gasteiger partial charge in [0.05, 0.1) is 25.6 Å². The summed E-state index contributed by atoms with van der Waals surface area (Å²) in [5, 5.41) is 9.04. The molecule has 0 atom stereocenters. The summed E-state index contributed by atoms with van der Waals surface area (Å²) in [7, 11) is 0. The van der Waals surface area contributed by atoms with E-state index in [1.165, 1.54) is 11.1 Å². The van der Waals surface area contributed by atoms with Gasteiger partial charge < -0.3 is 9.64 Å². The minimum Gasteiger partial charge on any atom is -0.494 e. The van der Waals surface area contributed by atoms with Gasteiger partial charge in [-0.25, -0.2) is 0 Å². The van der Waals surface area contributed by atoms with Crippen LogP contribution in [0.1, 0.15) is 37.3 Å². The maximum atomic E-state index is 13.2. The maximum Gasteiger partial charge on any atom is 0.241 e. The fourth-order valence-electron chi connectivity index (χ4n) is 3.39. The summed E-state index contributed by atoms with van der Waals surface area (Å²) in [6.07, 6.45) is 2.58. The zero-order valence-electron chi connectivity index (χ0n) is 17.3. The minimum absolute atomic E-state index is 0.0309. The number of nitriles is 1. The van der Waals surface area contributed by atoms with Crippen LogP contribution in [0.5, 0.6) is 5.75 Å². The van der Waals surface area contributed by atoms with Crippen LogP contribution >= 0.6 is 0 Å². The molecule has 152 valence electrons. The second-order valence-electron chi connectivity index (χ2n) is 7.50. The summed E-state index contributed by atoms with van der Waals surface area (Å²) < 4.78 is 5.50. The molecule has 0 spiro atoms. The summed E-state index contributed by atoms with van der Waals surface area (Å²) in [6, 6.07) is 18.6. The molecule has 5 heteroatoms. The van der Waals surface area contributed by atoms with Crippen molar-refractivity contribution in [2.75, 3.05) is 24.6 Å². The number of aryl methyl sites for hydroxylation is 1. The summed E-state index contributed by atoms with van der Waals surface area (Å²) in [4.78, 5) is 17.2. The lowest BCUT2D eigenvalue weighted by atomic mass is 10.1. The monoisotopic (exact) mass is 391 g/mol. The van der Waals surface area contributed by atoms with Gasteiger partial charge in [0.25, 0.3) is 0 Å². The van der Waals surface area contributed by atoms with Crippen molar-refractivity contribution < 1.29 is 9.53 Å². The van der Waals surface area contributed by atoms with Crippen molar-refractivity contribution in [3.05, 3.63) is 59.7 Å². The zero-order chi connectivity index (χ0) is 20.6. The molecule has 2 aromatic carbocycles. The van der Waals surface area contributed by atoms with Gasteiger partial charge in [-0.3, -0.25) is 9.69 Å². The van der Waals surface area contributed by atoms with Gasteiger partial charge in [-0.05, 0) is 56.5 Å². The van der Waals surface area contributed by atoms with E-state index in [0.717, 1.165) is 30.8 Å². The van der Waals surface area contributed by atoms with E-state index in [4.69, 9.17) is 10.00 Å². The van der Waals surface area contributed by atoms with Crippen molar-refractivity contribution in [2.24, 2.45) is 0 Å². The summed E-state index contributed by atoms with van der Waals surface area (Å²) in [5.41, 5.74) is 3.26. The summed E-state index contributed by atoms with van der Waals surface area (Å²) in [5.74, 6) is 0.811. The van der Waals surface area contributed by atoms with Gasteiger partial charge in [-0.15, -0.1) is 0 Å². The maximum absolute atomic E-state index is 13.2. The molecule has 0 saturated heterocycles. The number of nitrogens with zero attached hydrogens (tertiary/aromatic N) is 3. The Balaban J connectivity index is 1.71. The highest BCUT2D eigenvalue weighted by molar-refractivity contribution is 5.94. The van der Waals surface area contributed by atoms with E-state index in [2.05, 4.69) is 42.2 Å². The quantitative estimate of drug-likeness (QED) is 0.606. The molecule has 0 aromatic heterocycles. The Hall–Kier alpha value is -2.84. The molecule has 0 bridgehead atoms. The molecule has 0 aliphatic heterocycles. The summed E-state index contributed by atoms with van der Waals surface area (Å²) in [6.45, 7) is 6.15. The second-order valence-corrected chi connectivity index (χ2v) is 7.50. The molecular weight excluding hydrogens is 362 g/mol. The van der Waals surface area contributed by atoms with E-state index in [9.17, 15) is 4.79 Å². The highest BCUT2D eigenvalue weighted by Gasteiger charge is 2.31. The molecule has 0 unspecified atom stereocenters. The van der Waals surface area contributed by atoms with Crippen molar-refractivity contribution >= 4 is 11.6 Å². The van der Waals surface area contributed by atoms with Gasteiger partial charge in [-0.1, -0.05) is 29.8 Å². The molecule has 0 heterocycles. The van der Waals surface area contributed by atoms with Crippen molar-refractivity contribution in [2.45, 2.75) is 45.7 Å².